The number of anilines is 2. The van der Waals surface area contributed by atoms with E-state index in [-0.39, 0.29) is 18.1 Å². The molecule has 2 N–H and O–H groups in total. The number of phenolic OH excluding ortho intramolecular Hbond substituents is 1. The van der Waals surface area contributed by atoms with Gasteiger partial charge < -0.3 is 20.2 Å². The first kappa shape index (κ1) is 25.8. The van der Waals surface area contributed by atoms with Gasteiger partial charge in [0.2, 0.25) is 11.8 Å². The number of likely N-dealkylation sites (tertiary alicyclic amines) is 1. The summed E-state index contributed by atoms with van der Waals surface area (Å²) in [6.45, 7) is 7.63. The van der Waals surface area contributed by atoms with E-state index in [0.717, 1.165) is 30.9 Å². The number of aromatic hydroxyl groups is 1. The number of phenols is 1. The molecule has 7 nitrogen and oxygen atoms in total. The van der Waals surface area contributed by atoms with Crippen molar-refractivity contribution in [3.05, 3.63) is 53.6 Å². The van der Waals surface area contributed by atoms with Gasteiger partial charge in [-0.1, -0.05) is 12.1 Å². The standard InChI is InChI=1S/C26H31F3N4O3/c1-18-4-3-5-20(14-18)32-10-12-33(13-11-32)23(35)16-31-9-8-25(2,17-31)24(36)30-19-6-7-22(34)21(15-19)26(27,28)29/h3-7,14-15,34H,8-13,16-17H2,1-2H3,(H,30,36). The Morgan fingerprint density at radius 2 is 1.78 bits per heavy atom. The van der Waals surface area contributed by atoms with Crippen molar-refractivity contribution in [2.45, 2.75) is 26.4 Å². The molecule has 2 aromatic rings. The topological polar surface area (TPSA) is 76.1 Å². The number of piperazine rings is 1. The molecule has 0 bridgehead atoms. The zero-order chi connectivity index (χ0) is 26.1. The highest BCUT2D eigenvalue weighted by atomic mass is 19.4. The first-order chi connectivity index (χ1) is 16.9. The first-order valence-electron chi connectivity index (χ1n) is 12.0. The Hall–Kier alpha value is -3.27. The molecule has 2 aromatic carbocycles. The van der Waals surface area contributed by atoms with Crippen LogP contribution in [0.15, 0.2) is 42.5 Å². The third-order valence-electron chi connectivity index (χ3n) is 7.02. The number of aryl methyl sites for hydroxylation is 1. The molecule has 2 heterocycles. The molecule has 0 spiro atoms. The van der Waals surface area contributed by atoms with E-state index >= 15 is 0 Å². The zero-order valence-electron chi connectivity index (χ0n) is 20.4. The Labute approximate surface area is 208 Å². The van der Waals surface area contributed by atoms with Crippen LogP contribution in [0.5, 0.6) is 5.75 Å². The summed E-state index contributed by atoms with van der Waals surface area (Å²) >= 11 is 0. The normalized spacial score (nSPS) is 21.0. The lowest BCUT2D eigenvalue weighted by molar-refractivity contribution is -0.138. The number of alkyl halides is 3. The first-order valence-corrected chi connectivity index (χ1v) is 12.0. The smallest absolute Gasteiger partial charge is 0.420 e. The second kappa shape index (κ2) is 10.0. The van der Waals surface area contributed by atoms with Gasteiger partial charge in [0, 0.05) is 44.1 Å². The van der Waals surface area contributed by atoms with Crippen LogP contribution in [0, 0.1) is 12.3 Å². The fourth-order valence-electron chi connectivity index (χ4n) is 4.83. The SMILES string of the molecule is Cc1cccc(N2CCN(C(=O)CN3CCC(C)(C(=O)Nc4ccc(O)c(C(F)(F)F)c4)C3)CC2)c1. The summed E-state index contributed by atoms with van der Waals surface area (Å²) < 4.78 is 39.2. The Morgan fingerprint density at radius 3 is 2.44 bits per heavy atom. The number of rotatable bonds is 5. The van der Waals surface area contributed by atoms with Crippen LogP contribution in [0.1, 0.15) is 24.5 Å². The molecular weight excluding hydrogens is 473 g/mol. The van der Waals surface area contributed by atoms with E-state index in [9.17, 15) is 27.9 Å². The van der Waals surface area contributed by atoms with Crippen LogP contribution in [0.25, 0.3) is 0 Å². The van der Waals surface area contributed by atoms with Gasteiger partial charge in [0.25, 0.3) is 0 Å². The molecule has 0 aliphatic carbocycles. The van der Waals surface area contributed by atoms with Gasteiger partial charge in [-0.25, -0.2) is 0 Å². The minimum atomic E-state index is -4.73. The molecule has 194 valence electrons. The number of carbonyl (C=O) groups excluding carboxylic acids is 2. The molecular formula is C26H31F3N4O3. The fraction of sp³-hybridized carbons (Fsp3) is 0.462. The molecule has 2 aliphatic rings. The number of hydrogen-bond donors (Lipinski definition) is 2. The van der Waals surface area contributed by atoms with Crippen LogP contribution >= 0.6 is 0 Å². The molecule has 0 saturated carbocycles. The van der Waals surface area contributed by atoms with Gasteiger partial charge in [0.1, 0.15) is 5.75 Å². The summed E-state index contributed by atoms with van der Waals surface area (Å²) in [5.74, 6) is -1.29. The minimum absolute atomic E-state index is 0.0110. The van der Waals surface area contributed by atoms with Crippen molar-refractivity contribution in [2.24, 2.45) is 5.41 Å². The highest BCUT2D eigenvalue weighted by Crippen LogP contribution is 2.38. The Kier molecular flexibility index (Phi) is 7.17. The van der Waals surface area contributed by atoms with E-state index in [1.807, 2.05) is 15.9 Å². The van der Waals surface area contributed by atoms with Gasteiger partial charge in [-0.15, -0.1) is 0 Å². The maximum atomic E-state index is 13.1. The highest BCUT2D eigenvalue weighted by molar-refractivity contribution is 5.95. The summed E-state index contributed by atoms with van der Waals surface area (Å²) in [7, 11) is 0. The van der Waals surface area contributed by atoms with Crippen LogP contribution in [-0.4, -0.2) is 72.5 Å². The monoisotopic (exact) mass is 504 g/mol. The second-order valence-corrected chi connectivity index (χ2v) is 9.91. The van der Waals surface area contributed by atoms with Gasteiger partial charge in [0.15, 0.2) is 0 Å². The van der Waals surface area contributed by atoms with E-state index < -0.39 is 28.8 Å². The molecule has 2 fully saturated rings. The maximum absolute atomic E-state index is 13.1. The van der Waals surface area contributed by atoms with E-state index in [1.54, 1.807) is 6.92 Å². The van der Waals surface area contributed by atoms with Crippen molar-refractivity contribution in [1.82, 2.24) is 9.80 Å². The number of nitrogens with one attached hydrogen (secondary N) is 1. The molecule has 2 aliphatic heterocycles. The van der Waals surface area contributed by atoms with Gasteiger partial charge in [-0.05, 0) is 62.7 Å². The lowest BCUT2D eigenvalue weighted by Gasteiger charge is -2.37. The van der Waals surface area contributed by atoms with Crippen LogP contribution in [0.3, 0.4) is 0 Å². The lowest BCUT2D eigenvalue weighted by atomic mass is 9.88. The molecule has 1 atom stereocenters. The average molecular weight is 505 g/mol. The Balaban J connectivity index is 1.30. The molecule has 10 heteroatoms. The molecule has 0 radical (unpaired) electrons. The van der Waals surface area contributed by atoms with Gasteiger partial charge in [0.05, 0.1) is 17.5 Å². The maximum Gasteiger partial charge on any atom is 0.420 e. The predicted octanol–water partition coefficient (Wildman–Crippen LogP) is 3.72. The molecule has 2 amide bonds. The molecule has 4 rings (SSSR count). The highest BCUT2D eigenvalue weighted by Gasteiger charge is 2.41. The summed E-state index contributed by atoms with van der Waals surface area (Å²) in [5.41, 5.74) is 0.261. The summed E-state index contributed by atoms with van der Waals surface area (Å²) in [5, 5.41) is 12.0. The summed E-state index contributed by atoms with van der Waals surface area (Å²) in [6.07, 6.45) is -4.25. The lowest BCUT2D eigenvalue weighted by Crippen LogP contribution is -2.51. The summed E-state index contributed by atoms with van der Waals surface area (Å²) in [4.78, 5) is 31.9. The minimum Gasteiger partial charge on any atom is -0.507 e. The van der Waals surface area contributed by atoms with E-state index in [4.69, 9.17) is 0 Å². The van der Waals surface area contributed by atoms with Crippen molar-refractivity contribution >= 4 is 23.2 Å². The number of halogens is 3. The quantitative estimate of drug-likeness (QED) is 0.608. The van der Waals surface area contributed by atoms with E-state index in [0.29, 0.717) is 32.6 Å². The predicted molar refractivity (Wildman–Crippen MR) is 131 cm³/mol. The van der Waals surface area contributed by atoms with Crippen molar-refractivity contribution in [1.29, 1.82) is 0 Å². The zero-order valence-corrected chi connectivity index (χ0v) is 20.4. The summed E-state index contributed by atoms with van der Waals surface area (Å²) in [6, 6.07) is 11.2. The third-order valence-corrected chi connectivity index (χ3v) is 7.02. The van der Waals surface area contributed by atoms with Gasteiger partial charge >= 0.3 is 6.18 Å². The second-order valence-electron chi connectivity index (χ2n) is 9.91. The van der Waals surface area contributed by atoms with Crippen molar-refractivity contribution < 1.29 is 27.9 Å². The van der Waals surface area contributed by atoms with Crippen molar-refractivity contribution in [2.75, 3.05) is 56.0 Å². The molecule has 0 aromatic heterocycles. The van der Waals surface area contributed by atoms with Crippen LogP contribution < -0.4 is 10.2 Å². The largest absolute Gasteiger partial charge is 0.507 e. The van der Waals surface area contributed by atoms with Crippen molar-refractivity contribution in [3.8, 4) is 5.75 Å². The molecule has 36 heavy (non-hydrogen) atoms. The van der Waals surface area contributed by atoms with Gasteiger partial charge in [-0.2, -0.15) is 13.2 Å². The number of benzene rings is 2. The van der Waals surface area contributed by atoms with Crippen LogP contribution in [0.4, 0.5) is 24.5 Å². The number of carbonyl (C=O) groups is 2. The number of amides is 2. The number of nitrogens with zero attached hydrogens (tertiary/aromatic N) is 3. The number of hydrogen-bond acceptors (Lipinski definition) is 5. The van der Waals surface area contributed by atoms with Crippen LogP contribution in [0.2, 0.25) is 0 Å². The van der Waals surface area contributed by atoms with Gasteiger partial charge in [-0.3, -0.25) is 14.5 Å². The molecule has 1 unspecified atom stereocenters. The van der Waals surface area contributed by atoms with Crippen molar-refractivity contribution in [3.63, 3.8) is 0 Å². The Bertz CT molecular complexity index is 1130. The van der Waals surface area contributed by atoms with E-state index in [1.165, 1.54) is 11.6 Å². The average Bonchev–Trinajstić information content (AvgIpc) is 3.21. The Morgan fingerprint density at radius 1 is 1.06 bits per heavy atom. The third kappa shape index (κ3) is 5.75. The van der Waals surface area contributed by atoms with E-state index in [2.05, 4.69) is 35.3 Å². The van der Waals surface area contributed by atoms with Crippen LogP contribution in [-0.2, 0) is 15.8 Å². The molecule has 2 saturated heterocycles. The fourth-order valence-corrected chi connectivity index (χ4v) is 4.83.